The predicted octanol–water partition coefficient (Wildman–Crippen LogP) is 6.43. The molecule has 9 heteroatoms. The van der Waals surface area contributed by atoms with Gasteiger partial charge in [0, 0.05) is 16.4 Å². The van der Waals surface area contributed by atoms with Crippen molar-refractivity contribution in [3.05, 3.63) is 91.8 Å². The van der Waals surface area contributed by atoms with E-state index in [1.807, 2.05) is 24.3 Å². The fourth-order valence-corrected chi connectivity index (χ4v) is 4.38. The molecule has 3 rings (SSSR count). The number of ether oxygens (including phenoxy) is 1. The van der Waals surface area contributed by atoms with E-state index in [1.54, 1.807) is 48.5 Å². The van der Waals surface area contributed by atoms with Crippen molar-refractivity contribution >= 4 is 72.7 Å². The van der Waals surface area contributed by atoms with E-state index in [9.17, 15) is 14.9 Å². The van der Waals surface area contributed by atoms with Gasteiger partial charge in [0.05, 0.1) is 8.95 Å². The highest BCUT2D eigenvalue weighted by Gasteiger charge is 2.14. The maximum atomic E-state index is 12.5. The van der Waals surface area contributed by atoms with Crippen LogP contribution in [-0.2, 0) is 9.59 Å². The van der Waals surface area contributed by atoms with Gasteiger partial charge in [0.15, 0.2) is 6.61 Å². The number of nitrogens with zero attached hydrogens (tertiary/aromatic N) is 1. The maximum absolute atomic E-state index is 12.5. The Balaban J connectivity index is 1.70. The maximum Gasteiger partial charge on any atom is 0.266 e. The molecular weight excluding hydrogens is 574 g/mol. The molecule has 0 aliphatic rings. The first-order valence-electron chi connectivity index (χ1n) is 9.51. The van der Waals surface area contributed by atoms with Gasteiger partial charge in [-0.1, -0.05) is 35.9 Å². The van der Waals surface area contributed by atoms with Gasteiger partial charge in [-0.15, -0.1) is 0 Å². The van der Waals surface area contributed by atoms with E-state index >= 15 is 0 Å². The van der Waals surface area contributed by atoms with Crippen LogP contribution in [0.25, 0.3) is 6.08 Å². The molecule has 0 bridgehead atoms. The molecule has 0 aliphatic heterocycles. The summed E-state index contributed by atoms with van der Waals surface area (Å²) < 4.78 is 6.73. The Morgan fingerprint density at radius 2 is 1.64 bits per heavy atom. The van der Waals surface area contributed by atoms with Crippen molar-refractivity contribution in [3.63, 3.8) is 0 Å². The molecular formula is C24H16Br2ClN3O3. The standard InChI is InChI=1S/C24H16Br2ClN3O3/c25-20-10-15(9-16(13-28)24(32)30-19-8-4-5-17(27)12-19)11-21(26)23(20)33-14-22(31)29-18-6-2-1-3-7-18/h1-12H,14H2,(H,29,31)(H,30,32)/b16-9-. The van der Waals surface area contributed by atoms with E-state index in [4.69, 9.17) is 16.3 Å². The first-order valence-corrected chi connectivity index (χ1v) is 11.5. The van der Waals surface area contributed by atoms with E-state index in [0.717, 1.165) is 0 Å². The summed E-state index contributed by atoms with van der Waals surface area (Å²) in [4.78, 5) is 24.6. The smallest absolute Gasteiger partial charge is 0.266 e. The molecule has 0 spiro atoms. The normalized spacial score (nSPS) is 10.8. The molecule has 2 amide bonds. The van der Waals surface area contributed by atoms with Crippen molar-refractivity contribution in [2.75, 3.05) is 17.2 Å². The van der Waals surface area contributed by atoms with Crippen LogP contribution in [0.1, 0.15) is 5.56 Å². The molecule has 0 aromatic heterocycles. The minimum atomic E-state index is -0.565. The average Bonchev–Trinajstić information content (AvgIpc) is 2.77. The lowest BCUT2D eigenvalue weighted by Gasteiger charge is -2.12. The number of carbonyl (C=O) groups is 2. The summed E-state index contributed by atoms with van der Waals surface area (Å²) in [5.74, 6) is -0.462. The molecule has 0 atom stereocenters. The molecule has 0 saturated carbocycles. The monoisotopic (exact) mass is 587 g/mol. The molecule has 0 unspecified atom stereocenters. The van der Waals surface area contributed by atoms with Crippen molar-refractivity contribution in [3.8, 4) is 11.8 Å². The predicted molar refractivity (Wildman–Crippen MR) is 136 cm³/mol. The van der Waals surface area contributed by atoms with E-state index in [-0.39, 0.29) is 18.1 Å². The molecule has 2 N–H and O–H groups in total. The third-order valence-electron chi connectivity index (χ3n) is 4.18. The summed E-state index contributed by atoms with van der Waals surface area (Å²) in [6.45, 7) is -0.202. The molecule has 0 fully saturated rings. The van der Waals surface area contributed by atoms with Crippen LogP contribution in [0.2, 0.25) is 5.02 Å². The topological polar surface area (TPSA) is 91.2 Å². The number of nitrogens with one attached hydrogen (secondary N) is 2. The van der Waals surface area contributed by atoms with E-state index < -0.39 is 5.91 Å². The summed E-state index contributed by atoms with van der Waals surface area (Å²) in [5, 5.41) is 15.3. The summed E-state index contributed by atoms with van der Waals surface area (Å²) in [7, 11) is 0. The van der Waals surface area contributed by atoms with Gasteiger partial charge in [0.25, 0.3) is 11.8 Å². The van der Waals surface area contributed by atoms with Crippen molar-refractivity contribution < 1.29 is 14.3 Å². The lowest BCUT2D eigenvalue weighted by atomic mass is 10.1. The Kier molecular flexibility index (Phi) is 8.66. The van der Waals surface area contributed by atoms with Crippen molar-refractivity contribution in [1.82, 2.24) is 0 Å². The number of para-hydroxylation sites is 1. The largest absolute Gasteiger partial charge is 0.481 e. The fourth-order valence-electron chi connectivity index (χ4n) is 2.74. The van der Waals surface area contributed by atoms with Gasteiger partial charge < -0.3 is 15.4 Å². The van der Waals surface area contributed by atoms with E-state index in [0.29, 0.717) is 36.7 Å². The van der Waals surface area contributed by atoms with Crippen LogP contribution >= 0.6 is 43.5 Å². The molecule has 3 aromatic carbocycles. The minimum Gasteiger partial charge on any atom is -0.481 e. The van der Waals surface area contributed by atoms with Crippen molar-refractivity contribution in [1.29, 1.82) is 5.26 Å². The zero-order chi connectivity index (χ0) is 23.8. The van der Waals surface area contributed by atoms with Crippen LogP contribution in [-0.4, -0.2) is 18.4 Å². The molecule has 0 saturated heterocycles. The highest BCUT2D eigenvalue weighted by molar-refractivity contribution is 9.11. The van der Waals surface area contributed by atoms with Crippen molar-refractivity contribution in [2.24, 2.45) is 0 Å². The molecule has 166 valence electrons. The number of carbonyl (C=O) groups excluding carboxylic acids is 2. The Bertz CT molecular complexity index is 1230. The quantitative estimate of drug-likeness (QED) is 0.246. The second kappa shape index (κ2) is 11.7. The van der Waals surface area contributed by atoms with E-state index in [2.05, 4.69) is 42.5 Å². The Morgan fingerprint density at radius 1 is 0.970 bits per heavy atom. The summed E-state index contributed by atoms with van der Waals surface area (Å²) in [5.41, 5.74) is 1.63. The van der Waals surface area contributed by atoms with Crippen LogP contribution < -0.4 is 15.4 Å². The third-order valence-corrected chi connectivity index (χ3v) is 5.60. The zero-order valence-corrected chi connectivity index (χ0v) is 20.9. The van der Waals surface area contributed by atoms with Gasteiger partial charge in [0.2, 0.25) is 0 Å². The minimum absolute atomic E-state index is 0.0929. The van der Waals surface area contributed by atoms with Gasteiger partial charge in [-0.05, 0) is 86.0 Å². The van der Waals surface area contributed by atoms with Gasteiger partial charge in [0.1, 0.15) is 17.4 Å². The molecule has 3 aromatic rings. The molecule has 33 heavy (non-hydrogen) atoms. The third kappa shape index (κ3) is 7.19. The first-order chi connectivity index (χ1) is 15.9. The van der Waals surface area contributed by atoms with Crippen LogP contribution in [0, 0.1) is 11.3 Å². The summed E-state index contributed by atoms with van der Waals surface area (Å²) in [6, 6.07) is 21.0. The Labute approximate surface area is 212 Å². The molecule has 0 aliphatic carbocycles. The number of hydrogen-bond acceptors (Lipinski definition) is 4. The lowest BCUT2D eigenvalue weighted by molar-refractivity contribution is -0.118. The second-order valence-electron chi connectivity index (χ2n) is 6.65. The van der Waals surface area contributed by atoms with Crippen LogP contribution in [0.4, 0.5) is 11.4 Å². The lowest BCUT2D eigenvalue weighted by Crippen LogP contribution is -2.20. The van der Waals surface area contributed by atoms with E-state index in [1.165, 1.54) is 6.08 Å². The number of halogens is 3. The Hall–Kier alpha value is -3.12. The molecule has 0 heterocycles. The number of amides is 2. The number of nitriles is 1. The average molecular weight is 590 g/mol. The number of anilines is 2. The van der Waals surface area contributed by atoms with Gasteiger partial charge >= 0.3 is 0 Å². The molecule has 0 radical (unpaired) electrons. The van der Waals surface area contributed by atoms with Crippen LogP contribution in [0.15, 0.2) is 81.2 Å². The van der Waals surface area contributed by atoms with Crippen molar-refractivity contribution in [2.45, 2.75) is 0 Å². The fraction of sp³-hybridized carbons (Fsp3) is 0.0417. The van der Waals surface area contributed by atoms with Crippen LogP contribution in [0.3, 0.4) is 0 Å². The second-order valence-corrected chi connectivity index (χ2v) is 8.80. The highest BCUT2D eigenvalue weighted by atomic mass is 79.9. The summed E-state index contributed by atoms with van der Waals surface area (Å²) in [6.07, 6.45) is 1.45. The van der Waals surface area contributed by atoms with Gasteiger partial charge in [-0.25, -0.2) is 0 Å². The number of benzene rings is 3. The summed E-state index contributed by atoms with van der Waals surface area (Å²) >= 11 is 12.8. The number of rotatable bonds is 7. The highest BCUT2D eigenvalue weighted by Crippen LogP contribution is 2.35. The zero-order valence-electron chi connectivity index (χ0n) is 16.9. The van der Waals surface area contributed by atoms with Gasteiger partial charge in [-0.3, -0.25) is 9.59 Å². The first kappa shape index (κ1) is 24.5. The Morgan fingerprint density at radius 3 is 2.27 bits per heavy atom. The SMILES string of the molecule is N#C/C(=C/c1cc(Br)c(OCC(=O)Nc2ccccc2)c(Br)c1)C(=O)Nc1cccc(Cl)c1. The van der Waals surface area contributed by atoms with Gasteiger partial charge in [-0.2, -0.15) is 5.26 Å². The number of hydrogen-bond donors (Lipinski definition) is 2. The molecule has 6 nitrogen and oxygen atoms in total. The van der Waals surface area contributed by atoms with Crippen LogP contribution in [0.5, 0.6) is 5.75 Å².